The minimum absolute atomic E-state index is 0.0741. The average Bonchev–Trinajstić information content (AvgIpc) is 3.24. The summed E-state index contributed by atoms with van der Waals surface area (Å²) in [5, 5.41) is 0. The summed E-state index contributed by atoms with van der Waals surface area (Å²) >= 11 is 0. The molecule has 0 unspecified atom stereocenters. The molecule has 0 radical (unpaired) electrons. The molecule has 0 aliphatic carbocycles. The maximum atomic E-state index is 13.1. The van der Waals surface area contributed by atoms with Crippen LogP contribution in [0.15, 0.2) is 72.8 Å². The fourth-order valence-electron chi connectivity index (χ4n) is 4.33. The van der Waals surface area contributed by atoms with Crippen molar-refractivity contribution >= 4 is 17.3 Å². The molecule has 1 amide bonds. The molecule has 0 bridgehead atoms. The van der Waals surface area contributed by atoms with E-state index in [9.17, 15) is 9.18 Å². The Morgan fingerprint density at radius 2 is 1.20 bits per heavy atom. The number of halogens is 1. The Morgan fingerprint density at radius 3 is 1.80 bits per heavy atom. The van der Waals surface area contributed by atoms with Crippen molar-refractivity contribution in [2.75, 3.05) is 36.0 Å². The number of hydrogen-bond donors (Lipinski definition) is 0. The number of benzene rings is 3. The van der Waals surface area contributed by atoms with Gasteiger partial charge in [-0.2, -0.15) is 0 Å². The molecule has 0 aromatic heterocycles. The number of anilines is 2. The van der Waals surface area contributed by atoms with Crippen LogP contribution in [0.3, 0.4) is 0 Å². The molecule has 5 rings (SSSR count). The van der Waals surface area contributed by atoms with Gasteiger partial charge in [-0.25, -0.2) is 4.39 Å². The number of carbonyl (C=O) groups excluding carboxylic acids is 1. The minimum atomic E-state index is -0.228. The highest BCUT2D eigenvalue weighted by Crippen LogP contribution is 2.28. The fourth-order valence-corrected chi connectivity index (χ4v) is 4.33. The second kappa shape index (κ2) is 7.82. The Labute approximate surface area is 176 Å². The maximum absolute atomic E-state index is 13.1. The predicted octanol–water partition coefficient (Wildman–Crippen LogP) is 4.31. The number of rotatable bonds is 3. The summed E-state index contributed by atoms with van der Waals surface area (Å²) in [4.78, 5) is 19.4. The molecule has 4 nitrogen and oxygen atoms in total. The van der Waals surface area contributed by atoms with Crippen molar-refractivity contribution in [1.82, 2.24) is 4.90 Å². The largest absolute Gasteiger partial charge is 0.368 e. The van der Waals surface area contributed by atoms with E-state index in [1.807, 2.05) is 29.2 Å². The zero-order valence-electron chi connectivity index (χ0n) is 16.8. The average molecular weight is 401 g/mol. The van der Waals surface area contributed by atoms with Gasteiger partial charge < -0.3 is 14.7 Å². The molecule has 0 N–H and O–H groups in total. The Morgan fingerprint density at radius 1 is 0.667 bits per heavy atom. The van der Waals surface area contributed by atoms with Crippen LogP contribution in [0.5, 0.6) is 0 Å². The summed E-state index contributed by atoms with van der Waals surface area (Å²) < 4.78 is 13.1. The van der Waals surface area contributed by atoms with Crippen molar-refractivity contribution < 1.29 is 9.18 Å². The summed E-state index contributed by atoms with van der Waals surface area (Å²) in [6.07, 6.45) is 0. The molecule has 1 saturated heterocycles. The van der Waals surface area contributed by atoms with Crippen LogP contribution in [0.1, 0.15) is 21.5 Å². The van der Waals surface area contributed by atoms with Crippen LogP contribution in [0.4, 0.5) is 15.8 Å². The van der Waals surface area contributed by atoms with E-state index in [1.54, 1.807) is 12.1 Å². The van der Waals surface area contributed by atoms with Gasteiger partial charge in [-0.1, -0.05) is 24.3 Å². The van der Waals surface area contributed by atoms with Crippen molar-refractivity contribution in [2.24, 2.45) is 0 Å². The topological polar surface area (TPSA) is 26.8 Å². The summed E-state index contributed by atoms with van der Waals surface area (Å²) in [5.74, 6) is -0.154. The smallest absolute Gasteiger partial charge is 0.253 e. The first-order valence-corrected chi connectivity index (χ1v) is 10.4. The molecule has 0 saturated carbocycles. The summed E-state index contributed by atoms with van der Waals surface area (Å²) in [6.45, 7) is 4.66. The number of hydrogen-bond acceptors (Lipinski definition) is 3. The van der Waals surface area contributed by atoms with Crippen LogP contribution in [-0.2, 0) is 13.1 Å². The molecular weight excluding hydrogens is 377 g/mol. The van der Waals surface area contributed by atoms with Gasteiger partial charge in [-0.3, -0.25) is 4.79 Å². The molecule has 152 valence electrons. The number of amides is 1. The van der Waals surface area contributed by atoms with Crippen molar-refractivity contribution in [3.63, 3.8) is 0 Å². The maximum Gasteiger partial charge on any atom is 0.253 e. The molecule has 0 atom stereocenters. The zero-order chi connectivity index (χ0) is 20.5. The van der Waals surface area contributed by atoms with Gasteiger partial charge in [0, 0.05) is 56.2 Å². The highest BCUT2D eigenvalue weighted by atomic mass is 19.1. The second-order valence-corrected chi connectivity index (χ2v) is 7.93. The monoisotopic (exact) mass is 401 g/mol. The third-order valence-electron chi connectivity index (χ3n) is 6.08. The lowest BCUT2D eigenvalue weighted by Gasteiger charge is -2.36. The van der Waals surface area contributed by atoms with Crippen LogP contribution in [-0.4, -0.2) is 37.0 Å². The van der Waals surface area contributed by atoms with Crippen LogP contribution in [0, 0.1) is 5.82 Å². The van der Waals surface area contributed by atoms with Gasteiger partial charge in [0.1, 0.15) is 5.82 Å². The summed E-state index contributed by atoms with van der Waals surface area (Å²) in [7, 11) is 0. The first kappa shape index (κ1) is 18.7. The number of carbonyl (C=O) groups is 1. The van der Waals surface area contributed by atoms with Gasteiger partial charge in [0.25, 0.3) is 5.91 Å². The third-order valence-corrected chi connectivity index (χ3v) is 6.08. The van der Waals surface area contributed by atoms with Gasteiger partial charge in [0.05, 0.1) is 0 Å². The van der Waals surface area contributed by atoms with E-state index < -0.39 is 0 Å². The molecule has 2 aliphatic heterocycles. The molecular formula is C25H24FN3O. The molecule has 3 aromatic rings. The highest BCUT2D eigenvalue weighted by Gasteiger charge is 2.23. The molecule has 2 heterocycles. The van der Waals surface area contributed by atoms with E-state index in [4.69, 9.17) is 0 Å². The number of fused-ring (bicyclic) bond motifs is 1. The molecule has 30 heavy (non-hydrogen) atoms. The lowest BCUT2D eigenvalue weighted by atomic mass is 10.1. The van der Waals surface area contributed by atoms with E-state index in [0.29, 0.717) is 13.1 Å². The Hall–Kier alpha value is -3.34. The van der Waals surface area contributed by atoms with Gasteiger partial charge in [0.15, 0.2) is 0 Å². The first-order chi connectivity index (χ1) is 14.7. The van der Waals surface area contributed by atoms with E-state index in [2.05, 4.69) is 34.1 Å². The third kappa shape index (κ3) is 3.63. The molecule has 0 spiro atoms. The number of nitrogens with zero attached hydrogens (tertiary/aromatic N) is 3. The van der Waals surface area contributed by atoms with Crippen molar-refractivity contribution in [2.45, 2.75) is 13.1 Å². The van der Waals surface area contributed by atoms with Gasteiger partial charge in [-0.15, -0.1) is 0 Å². The van der Waals surface area contributed by atoms with E-state index in [1.165, 1.54) is 23.3 Å². The Bertz CT molecular complexity index is 1020. The molecule has 1 fully saturated rings. The normalized spacial score (nSPS) is 16.0. The summed E-state index contributed by atoms with van der Waals surface area (Å²) in [6, 6.07) is 23.0. The SMILES string of the molecule is O=C(c1ccc(N2Cc3ccccc3C2)cc1)N1CCN(c2ccc(F)cc2)CC1. The first-order valence-electron chi connectivity index (χ1n) is 10.4. The van der Waals surface area contributed by atoms with Gasteiger partial charge >= 0.3 is 0 Å². The summed E-state index contributed by atoms with van der Waals surface area (Å²) in [5.41, 5.74) is 5.61. The van der Waals surface area contributed by atoms with E-state index in [0.717, 1.165) is 43.1 Å². The molecule has 5 heteroatoms. The quantitative estimate of drug-likeness (QED) is 0.654. The molecule has 3 aromatic carbocycles. The fraction of sp³-hybridized carbons (Fsp3) is 0.240. The predicted molar refractivity (Wildman–Crippen MR) is 117 cm³/mol. The lowest BCUT2D eigenvalue weighted by molar-refractivity contribution is 0.0747. The minimum Gasteiger partial charge on any atom is -0.368 e. The van der Waals surface area contributed by atoms with E-state index in [-0.39, 0.29) is 11.7 Å². The van der Waals surface area contributed by atoms with Crippen molar-refractivity contribution in [3.8, 4) is 0 Å². The zero-order valence-corrected chi connectivity index (χ0v) is 16.8. The van der Waals surface area contributed by atoms with E-state index >= 15 is 0 Å². The van der Waals surface area contributed by atoms with Gasteiger partial charge in [-0.05, 0) is 59.7 Å². The van der Waals surface area contributed by atoms with Crippen molar-refractivity contribution in [3.05, 3.63) is 95.3 Å². The van der Waals surface area contributed by atoms with Crippen LogP contribution in [0.25, 0.3) is 0 Å². The second-order valence-electron chi connectivity index (χ2n) is 7.93. The Balaban J connectivity index is 1.20. The standard InChI is InChI=1S/C25H24FN3O/c26-22-7-11-23(12-8-22)27-13-15-28(16-14-27)25(30)19-5-9-24(10-6-19)29-17-20-3-1-2-4-21(20)18-29/h1-12H,13-18H2. The highest BCUT2D eigenvalue weighted by molar-refractivity contribution is 5.94. The van der Waals surface area contributed by atoms with Crippen molar-refractivity contribution in [1.29, 1.82) is 0 Å². The van der Waals surface area contributed by atoms with Crippen LogP contribution < -0.4 is 9.80 Å². The van der Waals surface area contributed by atoms with Crippen LogP contribution >= 0.6 is 0 Å². The lowest BCUT2D eigenvalue weighted by Crippen LogP contribution is -2.48. The Kier molecular flexibility index (Phi) is 4.87. The molecule has 2 aliphatic rings. The number of piperazine rings is 1. The van der Waals surface area contributed by atoms with Crippen LogP contribution in [0.2, 0.25) is 0 Å². The van der Waals surface area contributed by atoms with Gasteiger partial charge in [0.2, 0.25) is 0 Å².